The van der Waals surface area contributed by atoms with Crippen molar-refractivity contribution in [3.05, 3.63) is 59.7 Å². The first-order valence-corrected chi connectivity index (χ1v) is 9.94. The summed E-state index contributed by atoms with van der Waals surface area (Å²) < 4.78 is 0. The van der Waals surface area contributed by atoms with Gasteiger partial charge in [0.2, 0.25) is 0 Å². The fraction of sp³-hybridized carbons (Fsp3) is 0.455. The molecule has 0 heterocycles. The van der Waals surface area contributed by atoms with Crippen LogP contribution in [0.2, 0.25) is 0 Å². The molecule has 2 nitrogen and oxygen atoms in total. The van der Waals surface area contributed by atoms with Crippen LogP contribution in [0.25, 0.3) is 0 Å². The topological polar surface area (TPSA) is 6.48 Å². The van der Waals surface area contributed by atoms with Crippen molar-refractivity contribution >= 4 is 11.8 Å². The Kier molecular flexibility index (Phi) is 7.55. The van der Waals surface area contributed by atoms with E-state index in [1.807, 2.05) is 11.8 Å². The van der Waals surface area contributed by atoms with Gasteiger partial charge in [-0.3, -0.25) is 9.80 Å². The van der Waals surface area contributed by atoms with Crippen LogP contribution in [0.1, 0.15) is 38.8 Å². The first kappa shape index (κ1) is 20.0. The van der Waals surface area contributed by atoms with Crippen molar-refractivity contribution in [2.75, 3.05) is 14.1 Å². The van der Waals surface area contributed by atoms with Crippen LogP contribution in [-0.2, 0) is 13.1 Å². The molecule has 0 unspecified atom stereocenters. The van der Waals surface area contributed by atoms with Crippen LogP contribution in [0.4, 0.5) is 0 Å². The smallest absolute Gasteiger partial charge is 0.0244 e. The van der Waals surface area contributed by atoms with E-state index in [0.29, 0.717) is 12.1 Å². The Balaban J connectivity index is 2.23. The highest BCUT2D eigenvalue weighted by atomic mass is 32.2. The Labute approximate surface area is 158 Å². The molecule has 2 rings (SSSR count). The Hall–Kier alpha value is -1.29. The van der Waals surface area contributed by atoms with Crippen molar-refractivity contribution in [3.8, 4) is 0 Å². The summed E-state index contributed by atoms with van der Waals surface area (Å²) in [6.45, 7) is 10.9. The minimum Gasteiger partial charge on any atom is -0.300 e. The summed E-state index contributed by atoms with van der Waals surface area (Å²) in [4.78, 5) is 7.49. The van der Waals surface area contributed by atoms with E-state index in [1.165, 1.54) is 20.9 Å². The maximum atomic E-state index is 2.39. The molecule has 0 spiro atoms. The third-order valence-corrected chi connectivity index (χ3v) is 6.00. The summed E-state index contributed by atoms with van der Waals surface area (Å²) in [5.41, 5.74) is 2.80. The van der Waals surface area contributed by atoms with Gasteiger partial charge in [-0.05, 0) is 65.0 Å². The van der Waals surface area contributed by atoms with Crippen LogP contribution in [0, 0.1) is 0 Å². The van der Waals surface area contributed by atoms with Gasteiger partial charge in [-0.25, -0.2) is 0 Å². The van der Waals surface area contributed by atoms with E-state index in [-0.39, 0.29) is 0 Å². The summed E-state index contributed by atoms with van der Waals surface area (Å²) >= 11 is 1.89. The predicted molar refractivity (Wildman–Crippen MR) is 110 cm³/mol. The van der Waals surface area contributed by atoms with Gasteiger partial charge in [0.1, 0.15) is 0 Å². The standard InChI is InChI=1S/C22H32N2S/c1-17(2)23(5)15-19-11-7-9-13-21(19)25-22-14-10-8-12-20(22)16-24(6)18(3)4/h7-14,17-18H,15-16H2,1-6H3. The fourth-order valence-corrected chi connectivity index (χ4v) is 3.55. The van der Waals surface area contributed by atoms with Crippen LogP contribution in [-0.4, -0.2) is 36.0 Å². The van der Waals surface area contributed by atoms with Crippen LogP contribution in [0.15, 0.2) is 58.3 Å². The molecule has 136 valence electrons. The summed E-state index contributed by atoms with van der Waals surface area (Å²) in [7, 11) is 4.38. The molecule has 0 N–H and O–H groups in total. The van der Waals surface area contributed by atoms with Gasteiger partial charge in [-0.1, -0.05) is 48.2 Å². The van der Waals surface area contributed by atoms with Crippen molar-refractivity contribution in [3.63, 3.8) is 0 Å². The van der Waals surface area contributed by atoms with Crippen LogP contribution < -0.4 is 0 Å². The number of hydrogen-bond acceptors (Lipinski definition) is 3. The van der Waals surface area contributed by atoms with Crippen LogP contribution in [0.3, 0.4) is 0 Å². The van der Waals surface area contributed by atoms with E-state index in [0.717, 1.165) is 13.1 Å². The molecule has 2 aromatic rings. The van der Waals surface area contributed by atoms with Crippen molar-refractivity contribution in [1.82, 2.24) is 9.80 Å². The predicted octanol–water partition coefficient (Wildman–Crippen LogP) is 5.52. The highest BCUT2D eigenvalue weighted by Gasteiger charge is 2.12. The average Bonchev–Trinajstić information content (AvgIpc) is 2.58. The number of hydrogen-bond donors (Lipinski definition) is 0. The van der Waals surface area contributed by atoms with Crippen molar-refractivity contribution in [2.24, 2.45) is 0 Å². The van der Waals surface area contributed by atoms with E-state index in [1.54, 1.807) is 0 Å². The average molecular weight is 357 g/mol. The Morgan fingerprint density at radius 1 is 0.680 bits per heavy atom. The maximum absolute atomic E-state index is 2.39. The third-order valence-electron chi connectivity index (χ3n) is 4.77. The first-order valence-electron chi connectivity index (χ1n) is 9.12. The zero-order valence-electron chi connectivity index (χ0n) is 16.5. The quantitative estimate of drug-likeness (QED) is 0.615. The molecule has 0 saturated heterocycles. The van der Waals surface area contributed by atoms with E-state index in [2.05, 4.69) is 100 Å². The fourth-order valence-electron chi connectivity index (χ4n) is 2.49. The van der Waals surface area contributed by atoms with Crippen LogP contribution >= 0.6 is 11.8 Å². The molecule has 25 heavy (non-hydrogen) atoms. The van der Waals surface area contributed by atoms with Gasteiger partial charge in [0, 0.05) is 35.0 Å². The lowest BCUT2D eigenvalue weighted by Gasteiger charge is -2.24. The molecule has 0 amide bonds. The van der Waals surface area contributed by atoms with E-state index in [9.17, 15) is 0 Å². The lowest BCUT2D eigenvalue weighted by Crippen LogP contribution is -2.26. The minimum atomic E-state index is 0.546. The number of nitrogens with zero attached hydrogens (tertiary/aromatic N) is 2. The van der Waals surface area contributed by atoms with E-state index >= 15 is 0 Å². The van der Waals surface area contributed by atoms with E-state index in [4.69, 9.17) is 0 Å². The monoisotopic (exact) mass is 356 g/mol. The minimum absolute atomic E-state index is 0.546. The van der Waals surface area contributed by atoms with Crippen molar-refractivity contribution in [2.45, 2.75) is 62.7 Å². The highest BCUT2D eigenvalue weighted by molar-refractivity contribution is 7.99. The lowest BCUT2D eigenvalue weighted by molar-refractivity contribution is 0.263. The SMILES string of the molecule is CC(C)N(C)Cc1ccccc1Sc1ccccc1CN(C)C(C)C. The Morgan fingerprint density at radius 3 is 1.40 bits per heavy atom. The molecule has 0 atom stereocenters. The van der Waals surface area contributed by atoms with Crippen LogP contribution in [0.5, 0.6) is 0 Å². The zero-order valence-corrected chi connectivity index (χ0v) is 17.3. The van der Waals surface area contributed by atoms with Gasteiger partial charge in [-0.15, -0.1) is 0 Å². The zero-order chi connectivity index (χ0) is 18.4. The molecule has 0 aliphatic heterocycles. The summed E-state index contributed by atoms with van der Waals surface area (Å²) in [6, 6.07) is 18.7. The second kappa shape index (κ2) is 9.42. The van der Waals surface area contributed by atoms with Crippen molar-refractivity contribution < 1.29 is 0 Å². The summed E-state index contributed by atoms with van der Waals surface area (Å²) in [5, 5.41) is 0. The van der Waals surface area contributed by atoms with Crippen molar-refractivity contribution in [1.29, 1.82) is 0 Å². The van der Waals surface area contributed by atoms with Gasteiger partial charge in [-0.2, -0.15) is 0 Å². The second-order valence-corrected chi connectivity index (χ2v) is 8.42. The largest absolute Gasteiger partial charge is 0.300 e. The van der Waals surface area contributed by atoms with Gasteiger partial charge in [0.15, 0.2) is 0 Å². The molecule has 3 heteroatoms. The Bertz CT molecular complexity index is 609. The molecule has 0 bridgehead atoms. The molecule has 2 aromatic carbocycles. The molecular weight excluding hydrogens is 324 g/mol. The number of benzene rings is 2. The normalized spacial score (nSPS) is 11.9. The summed E-state index contributed by atoms with van der Waals surface area (Å²) in [5.74, 6) is 0. The molecule has 0 aliphatic carbocycles. The molecule has 0 aromatic heterocycles. The molecule has 0 saturated carbocycles. The maximum Gasteiger partial charge on any atom is 0.0244 e. The number of rotatable bonds is 8. The molecule has 0 aliphatic rings. The van der Waals surface area contributed by atoms with Gasteiger partial charge < -0.3 is 0 Å². The van der Waals surface area contributed by atoms with Gasteiger partial charge >= 0.3 is 0 Å². The molecular formula is C22H32N2S. The molecule has 0 fully saturated rings. The molecule has 0 radical (unpaired) electrons. The van der Waals surface area contributed by atoms with Gasteiger partial charge in [0.05, 0.1) is 0 Å². The van der Waals surface area contributed by atoms with E-state index < -0.39 is 0 Å². The first-order chi connectivity index (χ1) is 11.9. The second-order valence-electron chi connectivity index (χ2n) is 7.34. The van der Waals surface area contributed by atoms with Gasteiger partial charge in [0.25, 0.3) is 0 Å². The summed E-state index contributed by atoms with van der Waals surface area (Å²) in [6.07, 6.45) is 0. The third kappa shape index (κ3) is 5.88. The highest BCUT2D eigenvalue weighted by Crippen LogP contribution is 2.34. The Morgan fingerprint density at radius 2 is 1.04 bits per heavy atom. The lowest BCUT2D eigenvalue weighted by atomic mass is 10.2.